The number of H-pyrrole nitrogens is 1. The normalized spacial score (nSPS) is 17.5. The van der Waals surface area contributed by atoms with Gasteiger partial charge in [0.05, 0.1) is 29.3 Å². The molecule has 0 spiro atoms. The average molecular weight is 291 g/mol. The number of hydrogen-bond acceptors (Lipinski definition) is 5. The van der Waals surface area contributed by atoms with Crippen molar-refractivity contribution in [3.05, 3.63) is 34.7 Å². The molecule has 0 radical (unpaired) electrons. The minimum atomic E-state index is -0.548. The van der Waals surface area contributed by atoms with Crippen LogP contribution in [0.5, 0.6) is 0 Å². The van der Waals surface area contributed by atoms with Crippen LogP contribution in [0.2, 0.25) is 0 Å². The average Bonchev–Trinajstić information content (AvgIpc) is 3.05. The fraction of sp³-hybridized carbons (Fsp3) is 0.250. The van der Waals surface area contributed by atoms with Crippen molar-refractivity contribution in [2.45, 2.75) is 19.0 Å². The smallest absolute Gasteiger partial charge is 0.251 e. The number of nitrogens with zero attached hydrogens (tertiary/aromatic N) is 1. The number of imidazole rings is 1. The highest BCUT2D eigenvalue weighted by atomic mass is 32.1. The van der Waals surface area contributed by atoms with E-state index in [-0.39, 0.29) is 11.9 Å². The van der Waals surface area contributed by atoms with Crippen molar-refractivity contribution in [2.75, 3.05) is 5.32 Å². The Bertz CT molecular complexity index is 662. The van der Waals surface area contributed by atoms with Gasteiger partial charge in [0.25, 0.3) is 5.91 Å². The minimum absolute atomic E-state index is 0.191. The van der Waals surface area contributed by atoms with E-state index in [2.05, 4.69) is 20.6 Å². The van der Waals surface area contributed by atoms with Crippen LogP contribution in [0.4, 0.5) is 5.00 Å². The standard InChI is InChI=1S/C12H13N5O2S/c13-10(18)6-1-2-20-12(6)17-11(19)8-3-7-9(4-14-8)16-5-15-7/h1-2,5,8,14H,3-4H2,(H2,13,18)(H,15,16)(H,17,19). The maximum absolute atomic E-state index is 12.2. The number of carbonyl (C=O) groups excluding carboxylic acids is 2. The van der Waals surface area contributed by atoms with Gasteiger partial charge in [0.2, 0.25) is 5.91 Å². The number of anilines is 1. The van der Waals surface area contributed by atoms with E-state index >= 15 is 0 Å². The van der Waals surface area contributed by atoms with Gasteiger partial charge >= 0.3 is 0 Å². The molecule has 1 atom stereocenters. The van der Waals surface area contributed by atoms with Crippen LogP contribution in [0.15, 0.2) is 17.8 Å². The van der Waals surface area contributed by atoms with Gasteiger partial charge in [-0.25, -0.2) is 4.98 Å². The van der Waals surface area contributed by atoms with Gasteiger partial charge in [-0.1, -0.05) is 0 Å². The Morgan fingerprint density at radius 2 is 2.35 bits per heavy atom. The number of primary amides is 1. The number of carbonyl (C=O) groups is 2. The number of nitrogens with one attached hydrogen (secondary N) is 3. The number of fused-ring (bicyclic) bond motifs is 1. The van der Waals surface area contributed by atoms with Gasteiger partial charge in [-0.3, -0.25) is 14.9 Å². The second-order valence-corrected chi connectivity index (χ2v) is 5.40. The summed E-state index contributed by atoms with van der Waals surface area (Å²) in [7, 11) is 0. The van der Waals surface area contributed by atoms with E-state index in [1.807, 2.05) is 0 Å². The summed E-state index contributed by atoms with van der Waals surface area (Å²) in [6.45, 7) is 0.570. The van der Waals surface area contributed by atoms with Crippen LogP contribution in [-0.4, -0.2) is 27.8 Å². The molecule has 2 aromatic heterocycles. The fourth-order valence-corrected chi connectivity index (χ4v) is 2.95. The van der Waals surface area contributed by atoms with Crippen molar-refractivity contribution in [1.82, 2.24) is 15.3 Å². The van der Waals surface area contributed by atoms with Crippen molar-refractivity contribution in [2.24, 2.45) is 5.73 Å². The van der Waals surface area contributed by atoms with Gasteiger partial charge in [0.1, 0.15) is 5.00 Å². The Labute approximate surface area is 118 Å². The number of nitrogens with two attached hydrogens (primary N) is 1. The predicted molar refractivity (Wildman–Crippen MR) is 74.4 cm³/mol. The van der Waals surface area contributed by atoms with E-state index in [4.69, 9.17) is 5.73 Å². The zero-order valence-corrected chi connectivity index (χ0v) is 11.3. The predicted octanol–water partition coefficient (Wildman–Crippen LogP) is 0.223. The fourth-order valence-electron chi connectivity index (χ4n) is 2.15. The number of rotatable bonds is 3. The highest BCUT2D eigenvalue weighted by Gasteiger charge is 2.26. The first kappa shape index (κ1) is 12.8. The van der Waals surface area contributed by atoms with Gasteiger partial charge < -0.3 is 16.0 Å². The molecule has 1 aliphatic heterocycles. The lowest BCUT2D eigenvalue weighted by molar-refractivity contribution is -0.118. The molecular formula is C12H13N5O2S. The molecule has 5 N–H and O–H groups in total. The maximum Gasteiger partial charge on any atom is 0.251 e. The molecule has 8 heteroatoms. The van der Waals surface area contributed by atoms with E-state index in [9.17, 15) is 9.59 Å². The van der Waals surface area contributed by atoms with Crippen LogP contribution in [0, 0.1) is 0 Å². The molecule has 1 aliphatic rings. The molecule has 2 amide bonds. The van der Waals surface area contributed by atoms with Crippen LogP contribution < -0.4 is 16.4 Å². The number of amides is 2. The quantitative estimate of drug-likeness (QED) is 0.648. The van der Waals surface area contributed by atoms with Crippen molar-refractivity contribution in [1.29, 1.82) is 0 Å². The Hall–Kier alpha value is -2.19. The number of aromatic nitrogens is 2. The largest absolute Gasteiger partial charge is 0.366 e. The van der Waals surface area contributed by atoms with E-state index in [1.54, 1.807) is 17.8 Å². The topological polar surface area (TPSA) is 113 Å². The summed E-state index contributed by atoms with van der Waals surface area (Å²) in [5.41, 5.74) is 7.48. The van der Waals surface area contributed by atoms with E-state index in [0.29, 0.717) is 23.5 Å². The van der Waals surface area contributed by atoms with Crippen LogP contribution in [-0.2, 0) is 17.8 Å². The van der Waals surface area contributed by atoms with Gasteiger partial charge in [-0.15, -0.1) is 11.3 Å². The summed E-state index contributed by atoms with van der Waals surface area (Å²) < 4.78 is 0. The third kappa shape index (κ3) is 2.30. The molecule has 0 fully saturated rings. The van der Waals surface area contributed by atoms with Crippen molar-refractivity contribution < 1.29 is 9.59 Å². The summed E-state index contributed by atoms with van der Waals surface area (Å²) in [5, 5.41) is 8.07. The first-order valence-electron chi connectivity index (χ1n) is 6.08. The molecule has 104 valence electrons. The first-order chi connectivity index (χ1) is 9.65. The van der Waals surface area contributed by atoms with Crippen molar-refractivity contribution >= 4 is 28.2 Å². The zero-order valence-electron chi connectivity index (χ0n) is 10.5. The molecule has 7 nitrogen and oxygen atoms in total. The van der Waals surface area contributed by atoms with E-state index < -0.39 is 5.91 Å². The third-order valence-corrected chi connectivity index (χ3v) is 4.04. The summed E-state index contributed by atoms with van der Waals surface area (Å²) in [6.07, 6.45) is 2.14. The molecule has 0 saturated heterocycles. The van der Waals surface area contributed by atoms with Gasteiger partial charge in [0.15, 0.2) is 0 Å². The molecule has 0 aliphatic carbocycles. The van der Waals surface area contributed by atoms with Crippen molar-refractivity contribution in [3.63, 3.8) is 0 Å². The van der Waals surface area contributed by atoms with Crippen molar-refractivity contribution in [3.8, 4) is 0 Å². The summed E-state index contributed by atoms with van der Waals surface area (Å²) in [6, 6.07) is 1.23. The lowest BCUT2D eigenvalue weighted by Crippen LogP contribution is -2.44. The molecular weight excluding hydrogens is 278 g/mol. The summed E-state index contributed by atoms with van der Waals surface area (Å²) >= 11 is 1.28. The zero-order chi connectivity index (χ0) is 14.1. The molecule has 3 heterocycles. The van der Waals surface area contributed by atoms with Crippen LogP contribution in [0.25, 0.3) is 0 Å². The molecule has 0 bridgehead atoms. The number of aromatic amines is 1. The molecule has 0 aromatic carbocycles. The van der Waals surface area contributed by atoms with Gasteiger partial charge in [-0.2, -0.15) is 0 Å². The van der Waals surface area contributed by atoms with Crippen LogP contribution >= 0.6 is 11.3 Å². The molecule has 20 heavy (non-hydrogen) atoms. The maximum atomic E-state index is 12.2. The number of thiophene rings is 1. The van der Waals surface area contributed by atoms with Gasteiger partial charge in [-0.05, 0) is 11.4 Å². The minimum Gasteiger partial charge on any atom is -0.366 e. The Morgan fingerprint density at radius 3 is 3.15 bits per heavy atom. The monoisotopic (exact) mass is 291 g/mol. The second kappa shape index (κ2) is 5.06. The molecule has 0 saturated carbocycles. The Morgan fingerprint density at radius 1 is 1.50 bits per heavy atom. The van der Waals surface area contributed by atoms with E-state index in [1.165, 1.54) is 11.3 Å². The molecule has 3 rings (SSSR count). The lowest BCUT2D eigenvalue weighted by Gasteiger charge is -2.22. The summed E-state index contributed by atoms with van der Waals surface area (Å²) in [4.78, 5) is 30.6. The second-order valence-electron chi connectivity index (χ2n) is 4.48. The first-order valence-corrected chi connectivity index (χ1v) is 6.96. The van der Waals surface area contributed by atoms with Crippen LogP contribution in [0.1, 0.15) is 21.7 Å². The summed E-state index contributed by atoms with van der Waals surface area (Å²) in [5.74, 6) is -0.739. The Kier molecular flexibility index (Phi) is 3.25. The number of hydrogen-bond donors (Lipinski definition) is 4. The lowest BCUT2D eigenvalue weighted by atomic mass is 10.0. The molecule has 1 unspecified atom stereocenters. The van der Waals surface area contributed by atoms with E-state index in [0.717, 1.165) is 11.4 Å². The SMILES string of the molecule is NC(=O)c1ccsc1NC(=O)C1Cc2nc[nH]c2CN1. The third-order valence-electron chi connectivity index (χ3n) is 3.21. The van der Waals surface area contributed by atoms with Crippen LogP contribution in [0.3, 0.4) is 0 Å². The van der Waals surface area contributed by atoms with Gasteiger partial charge in [0, 0.05) is 13.0 Å². The molecule has 2 aromatic rings. The Balaban J connectivity index is 1.71. The highest BCUT2D eigenvalue weighted by molar-refractivity contribution is 7.14. The highest BCUT2D eigenvalue weighted by Crippen LogP contribution is 2.23.